The summed E-state index contributed by atoms with van der Waals surface area (Å²) in [7, 11) is 1.51. The van der Waals surface area contributed by atoms with Crippen LogP contribution in [0, 0.1) is 0 Å². The van der Waals surface area contributed by atoms with E-state index in [2.05, 4.69) is 0 Å². The molecule has 1 unspecified atom stereocenters. The summed E-state index contributed by atoms with van der Waals surface area (Å²) < 4.78 is 5.30. The Bertz CT molecular complexity index is 910. The molecule has 0 fully saturated rings. The summed E-state index contributed by atoms with van der Waals surface area (Å²) in [5.74, 6) is -0.212. The number of halogens is 2. The van der Waals surface area contributed by atoms with E-state index in [0.717, 1.165) is 17.5 Å². The van der Waals surface area contributed by atoms with Crippen molar-refractivity contribution in [3.63, 3.8) is 0 Å². The SMILES string of the molecule is CO[C@@H](C)C(=O)N1N=C(c2ccc(Cl)c(Cl)c2)SC1(CCCN)c1ccccc1. The van der Waals surface area contributed by atoms with Gasteiger partial charge in [-0.1, -0.05) is 71.4 Å². The monoisotopic (exact) mass is 451 g/mol. The lowest BCUT2D eigenvalue weighted by Gasteiger charge is -2.36. The summed E-state index contributed by atoms with van der Waals surface area (Å²) in [5, 5.41) is 7.88. The van der Waals surface area contributed by atoms with Crippen molar-refractivity contribution in [2.24, 2.45) is 10.8 Å². The molecule has 5 nitrogen and oxygen atoms in total. The van der Waals surface area contributed by atoms with Crippen LogP contribution in [0.25, 0.3) is 0 Å². The maximum atomic E-state index is 13.2. The average molecular weight is 452 g/mol. The highest BCUT2D eigenvalue weighted by molar-refractivity contribution is 8.15. The van der Waals surface area contributed by atoms with Gasteiger partial charge in [0.15, 0.2) is 0 Å². The number of hydrogen-bond acceptors (Lipinski definition) is 5. The average Bonchev–Trinajstić information content (AvgIpc) is 3.14. The van der Waals surface area contributed by atoms with Crippen molar-refractivity contribution in [3.05, 3.63) is 69.7 Å². The number of nitrogens with zero attached hydrogens (tertiary/aromatic N) is 2. The van der Waals surface area contributed by atoms with Gasteiger partial charge in [-0.25, -0.2) is 5.01 Å². The quantitative estimate of drug-likeness (QED) is 0.652. The number of ether oxygens (including phenoxy) is 1. The number of carbonyl (C=O) groups is 1. The summed E-state index contributed by atoms with van der Waals surface area (Å²) in [6.07, 6.45) is 0.750. The second kappa shape index (κ2) is 9.49. The van der Waals surface area contributed by atoms with Crippen LogP contribution >= 0.6 is 35.0 Å². The molecular formula is C21H23Cl2N3O2S. The van der Waals surface area contributed by atoms with Crippen LogP contribution in [0.2, 0.25) is 10.0 Å². The molecule has 0 saturated heterocycles. The Morgan fingerprint density at radius 3 is 2.59 bits per heavy atom. The van der Waals surface area contributed by atoms with Crippen molar-refractivity contribution in [1.29, 1.82) is 0 Å². The third kappa shape index (κ3) is 4.47. The van der Waals surface area contributed by atoms with Gasteiger partial charge in [0.25, 0.3) is 5.91 Å². The fourth-order valence-corrected chi connectivity index (χ4v) is 4.87. The summed E-state index contributed by atoms with van der Waals surface area (Å²) in [6.45, 7) is 2.23. The third-order valence-corrected chi connectivity index (χ3v) is 7.02. The molecule has 1 aliphatic rings. The zero-order chi connectivity index (χ0) is 21.0. The lowest BCUT2D eigenvalue weighted by Crippen LogP contribution is -2.46. The number of rotatable bonds is 7. The van der Waals surface area contributed by atoms with Crippen molar-refractivity contribution in [2.45, 2.75) is 30.7 Å². The van der Waals surface area contributed by atoms with Gasteiger partial charge < -0.3 is 10.5 Å². The minimum absolute atomic E-state index is 0.212. The van der Waals surface area contributed by atoms with Crippen LogP contribution in [0.15, 0.2) is 53.6 Å². The Balaban J connectivity index is 2.12. The number of nitrogens with two attached hydrogens (primary N) is 1. The fraction of sp³-hybridized carbons (Fsp3) is 0.333. The molecule has 2 aromatic rings. The molecule has 1 aliphatic heterocycles. The first-order valence-electron chi connectivity index (χ1n) is 9.28. The maximum absolute atomic E-state index is 13.2. The van der Waals surface area contributed by atoms with E-state index in [0.29, 0.717) is 28.1 Å². The van der Waals surface area contributed by atoms with E-state index in [1.807, 2.05) is 36.4 Å². The fourth-order valence-electron chi connectivity index (χ4n) is 3.16. The molecular weight excluding hydrogens is 429 g/mol. The predicted octanol–water partition coefficient (Wildman–Crippen LogP) is 4.86. The number of amides is 1. The molecule has 0 radical (unpaired) electrons. The van der Waals surface area contributed by atoms with Gasteiger partial charge in [0.05, 0.1) is 10.0 Å². The van der Waals surface area contributed by atoms with Crippen LogP contribution in [-0.4, -0.2) is 35.7 Å². The van der Waals surface area contributed by atoms with Crippen LogP contribution in [0.4, 0.5) is 0 Å². The van der Waals surface area contributed by atoms with Crippen LogP contribution in [0.3, 0.4) is 0 Å². The molecule has 29 heavy (non-hydrogen) atoms. The standard InChI is InChI=1S/C21H23Cl2N3O2S/c1-14(28-2)20(27)26-21(11-6-12-24,16-7-4-3-5-8-16)29-19(25-26)15-9-10-17(22)18(23)13-15/h3-5,7-10,13-14H,6,11-12,24H2,1-2H3/t14-,21?/m0/s1. The lowest BCUT2D eigenvalue weighted by atomic mass is 10.00. The third-order valence-electron chi connectivity index (χ3n) is 4.82. The van der Waals surface area contributed by atoms with Gasteiger partial charge in [0.2, 0.25) is 0 Å². The molecule has 0 bridgehead atoms. The molecule has 2 N–H and O–H groups in total. The molecule has 0 aliphatic carbocycles. The van der Waals surface area contributed by atoms with Gasteiger partial charge in [-0.05, 0) is 44.0 Å². The number of hydrazone groups is 1. The Morgan fingerprint density at radius 2 is 1.97 bits per heavy atom. The van der Waals surface area contributed by atoms with E-state index in [4.69, 9.17) is 38.8 Å². The topological polar surface area (TPSA) is 67.9 Å². The smallest absolute Gasteiger partial charge is 0.273 e. The van der Waals surface area contributed by atoms with Crippen molar-refractivity contribution in [3.8, 4) is 0 Å². The Kier molecular flexibility index (Phi) is 7.24. The number of methoxy groups -OCH3 is 1. The zero-order valence-electron chi connectivity index (χ0n) is 16.3. The van der Waals surface area contributed by atoms with E-state index in [-0.39, 0.29) is 5.91 Å². The summed E-state index contributed by atoms with van der Waals surface area (Å²) in [6, 6.07) is 15.2. The first-order chi connectivity index (χ1) is 13.9. The molecule has 0 aromatic heterocycles. The van der Waals surface area contributed by atoms with Gasteiger partial charge in [-0.2, -0.15) is 5.10 Å². The molecule has 8 heteroatoms. The summed E-state index contributed by atoms with van der Waals surface area (Å²) >= 11 is 13.8. The second-order valence-corrected chi connectivity index (χ2v) is 8.79. The van der Waals surface area contributed by atoms with E-state index >= 15 is 0 Å². The van der Waals surface area contributed by atoms with Crippen LogP contribution in [0.1, 0.15) is 30.9 Å². The number of thioether (sulfide) groups is 1. The highest BCUT2D eigenvalue weighted by Crippen LogP contribution is 2.50. The molecule has 2 aromatic carbocycles. The number of benzene rings is 2. The molecule has 2 atom stereocenters. The Hall–Kier alpha value is -1.57. The zero-order valence-corrected chi connectivity index (χ0v) is 18.6. The molecule has 3 rings (SSSR count). The van der Waals surface area contributed by atoms with Gasteiger partial charge in [-0.15, -0.1) is 0 Å². The Labute approximate surface area is 185 Å². The lowest BCUT2D eigenvalue weighted by molar-refractivity contribution is -0.144. The summed E-state index contributed by atoms with van der Waals surface area (Å²) in [5.41, 5.74) is 7.61. The predicted molar refractivity (Wildman–Crippen MR) is 120 cm³/mol. The first-order valence-corrected chi connectivity index (χ1v) is 10.9. The summed E-state index contributed by atoms with van der Waals surface area (Å²) in [4.78, 5) is 12.5. The molecule has 0 spiro atoms. The number of carbonyl (C=O) groups excluding carboxylic acids is 1. The first kappa shape index (κ1) is 22.1. The molecule has 154 valence electrons. The molecule has 1 amide bonds. The normalized spacial score (nSPS) is 19.9. The van der Waals surface area contributed by atoms with Gasteiger partial charge in [-0.3, -0.25) is 4.79 Å². The van der Waals surface area contributed by atoms with E-state index in [1.54, 1.807) is 24.1 Å². The largest absolute Gasteiger partial charge is 0.372 e. The van der Waals surface area contributed by atoms with Crippen LogP contribution in [0.5, 0.6) is 0 Å². The van der Waals surface area contributed by atoms with Crippen LogP contribution < -0.4 is 5.73 Å². The molecule has 0 saturated carbocycles. The Morgan fingerprint density at radius 1 is 1.24 bits per heavy atom. The minimum atomic E-state index is -0.716. The van der Waals surface area contributed by atoms with Crippen molar-refractivity contribution in [1.82, 2.24) is 5.01 Å². The van der Waals surface area contributed by atoms with Gasteiger partial charge in [0, 0.05) is 12.7 Å². The van der Waals surface area contributed by atoms with Crippen molar-refractivity contribution < 1.29 is 9.53 Å². The maximum Gasteiger partial charge on any atom is 0.273 e. The van der Waals surface area contributed by atoms with Gasteiger partial charge >= 0.3 is 0 Å². The highest BCUT2D eigenvalue weighted by Gasteiger charge is 2.49. The van der Waals surface area contributed by atoms with E-state index < -0.39 is 11.0 Å². The minimum Gasteiger partial charge on any atom is -0.372 e. The van der Waals surface area contributed by atoms with E-state index in [1.165, 1.54) is 18.9 Å². The molecule has 1 heterocycles. The van der Waals surface area contributed by atoms with Crippen molar-refractivity contribution >= 4 is 45.9 Å². The second-order valence-electron chi connectivity index (χ2n) is 6.71. The number of hydrogen-bond donors (Lipinski definition) is 1. The van der Waals surface area contributed by atoms with Crippen molar-refractivity contribution in [2.75, 3.05) is 13.7 Å². The van der Waals surface area contributed by atoms with Gasteiger partial charge in [0.1, 0.15) is 16.0 Å². The van der Waals surface area contributed by atoms with Crippen LogP contribution in [-0.2, 0) is 14.4 Å². The van der Waals surface area contributed by atoms with E-state index in [9.17, 15) is 4.79 Å². The highest BCUT2D eigenvalue weighted by atomic mass is 35.5.